The van der Waals surface area contributed by atoms with Crippen LogP contribution >= 0.6 is 0 Å². The van der Waals surface area contributed by atoms with E-state index in [4.69, 9.17) is 5.11 Å². The molecule has 1 aliphatic heterocycles. The minimum atomic E-state index is -1.28. The van der Waals surface area contributed by atoms with Gasteiger partial charge >= 0.3 is 5.97 Å². The van der Waals surface area contributed by atoms with Crippen LogP contribution in [-0.2, 0) is 9.59 Å². The molecular weight excluding hydrogens is 278 g/mol. The second kappa shape index (κ2) is 5.70. The minimum Gasteiger partial charge on any atom is -0.478 e. The van der Waals surface area contributed by atoms with Crippen molar-refractivity contribution in [2.24, 2.45) is 0 Å². The third-order valence-corrected chi connectivity index (χ3v) is 3.21. The summed E-state index contributed by atoms with van der Waals surface area (Å²) in [6, 6.07) is 1.80. The van der Waals surface area contributed by atoms with E-state index in [0.717, 1.165) is 4.90 Å². The minimum absolute atomic E-state index is 0.140. The van der Waals surface area contributed by atoms with Gasteiger partial charge in [0.2, 0.25) is 5.91 Å². The SMILES string of the molecule is CN1C(=O)CCC(NC(=O)c2ncccc2C(=O)O)C1=O. The van der Waals surface area contributed by atoms with E-state index in [0.29, 0.717) is 0 Å². The van der Waals surface area contributed by atoms with Crippen LogP contribution in [-0.4, -0.2) is 51.8 Å². The zero-order valence-electron chi connectivity index (χ0n) is 11.2. The molecule has 21 heavy (non-hydrogen) atoms. The summed E-state index contributed by atoms with van der Waals surface area (Å²) in [7, 11) is 1.34. The van der Waals surface area contributed by atoms with Gasteiger partial charge in [-0.15, -0.1) is 0 Å². The molecule has 8 nitrogen and oxygen atoms in total. The van der Waals surface area contributed by atoms with Crippen LogP contribution in [0.25, 0.3) is 0 Å². The average molecular weight is 291 g/mol. The number of piperidine rings is 1. The van der Waals surface area contributed by atoms with Gasteiger partial charge in [0.15, 0.2) is 0 Å². The van der Waals surface area contributed by atoms with Crippen LogP contribution in [0.1, 0.15) is 33.7 Å². The topological polar surface area (TPSA) is 117 Å². The number of hydrogen-bond donors (Lipinski definition) is 2. The molecule has 1 saturated heterocycles. The molecule has 2 heterocycles. The lowest BCUT2D eigenvalue weighted by molar-refractivity contribution is -0.147. The van der Waals surface area contributed by atoms with Crippen LogP contribution in [0.4, 0.5) is 0 Å². The largest absolute Gasteiger partial charge is 0.478 e. The van der Waals surface area contributed by atoms with Crippen molar-refractivity contribution in [1.29, 1.82) is 0 Å². The van der Waals surface area contributed by atoms with Crippen LogP contribution in [0.2, 0.25) is 0 Å². The first kappa shape index (κ1) is 14.6. The third-order valence-electron chi connectivity index (χ3n) is 3.21. The summed E-state index contributed by atoms with van der Waals surface area (Å²) in [5.74, 6) is -2.87. The molecule has 0 aliphatic carbocycles. The van der Waals surface area contributed by atoms with Gasteiger partial charge in [-0.25, -0.2) is 4.79 Å². The van der Waals surface area contributed by atoms with E-state index in [9.17, 15) is 19.2 Å². The van der Waals surface area contributed by atoms with Crippen LogP contribution in [0.3, 0.4) is 0 Å². The van der Waals surface area contributed by atoms with Crippen LogP contribution in [0.5, 0.6) is 0 Å². The Morgan fingerprint density at radius 1 is 1.43 bits per heavy atom. The van der Waals surface area contributed by atoms with E-state index in [-0.39, 0.29) is 30.0 Å². The number of amides is 3. The molecule has 8 heteroatoms. The Bertz CT molecular complexity index is 628. The van der Waals surface area contributed by atoms with Gasteiger partial charge in [0, 0.05) is 19.7 Å². The fourth-order valence-corrected chi connectivity index (χ4v) is 2.03. The number of carboxylic acids is 1. The molecule has 0 spiro atoms. The first-order chi connectivity index (χ1) is 9.91. The van der Waals surface area contributed by atoms with Crippen LogP contribution in [0, 0.1) is 0 Å². The van der Waals surface area contributed by atoms with Crippen molar-refractivity contribution in [3.05, 3.63) is 29.6 Å². The number of carbonyl (C=O) groups excluding carboxylic acids is 3. The maximum absolute atomic E-state index is 12.1. The molecule has 0 aromatic carbocycles. The smallest absolute Gasteiger partial charge is 0.338 e. The third kappa shape index (κ3) is 2.88. The number of pyridine rings is 1. The van der Waals surface area contributed by atoms with Crippen molar-refractivity contribution in [3.63, 3.8) is 0 Å². The molecule has 1 aromatic rings. The molecule has 0 bridgehead atoms. The van der Waals surface area contributed by atoms with E-state index in [2.05, 4.69) is 10.3 Å². The van der Waals surface area contributed by atoms with E-state index < -0.39 is 23.8 Å². The Labute approximate surface area is 119 Å². The van der Waals surface area contributed by atoms with Crippen molar-refractivity contribution >= 4 is 23.7 Å². The number of imide groups is 1. The molecule has 2 N–H and O–H groups in total. The number of nitrogens with one attached hydrogen (secondary N) is 1. The van der Waals surface area contributed by atoms with Gasteiger partial charge in [-0.1, -0.05) is 0 Å². The maximum Gasteiger partial charge on any atom is 0.338 e. The number of likely N-dealkylation sites (N-methyl/N-ethyl adjacent to an activating group) is 1. The molecular formula is C13H13N3O5. The number of nitrogens with zero attached hydrogens (tertiary/aromatic N) is 2. The fourth-order valence-electron chi connectivity index (χ4n) is 2.03. The van der Waals surface area contributed by atoms with Gasteiger partial charge in [-0.05, 0) is 18.6 Å². The Hall–Kier alpha value is -2.77. The summed E-state index contributed by atoms with van der Waals surface area (Å²) in [6.45, 7) is 0. The fraction of sp³-hybridized carbons (Fsp3) is 0.308. The lowest BCUT2D eigenvalue weighted by Crippen LogP contribution is -2.53. The first-order valence-corrected chi connectivity index (χ1v) is 6.21. The summed E-state index contributed by atoms with van der Waals surface area (Å²) < 4.78 is 0. The molecule has 3 amide bonds. The quantitative estimate of drug-likeness (QED) is 0.736. The van der Waals surface area contributed by atoms with Gasteiger partial charge in [0.1, 0.15) is 11.7 Å². The standard InChI is InChI=1S/C13H13N3O5/c1-16-9(17)5-4-8(12(16)19)15-11(18)10-7(13(20)21)3-2-6-14-10/h2-3,6,8H,4-5H2,1H3,(H,15,18)(H,20,21). The number of carboxylic acid groups (broad SMARTS) is 1. The lowest BCUT2D eigenvalue weighted by atomic mass is 10.0. The predicted octanol–water partition coefficient (Wildman–Crippen LogP) is -0.343. The first-order valence-electron chi connectivity index (χ1n) is 6.21. The summed E-state index contributed by atoms with van der Waals surface area (Å²) in [5, 5.41) is 11.4. The monoisotopic (exact) mass is 291 g/mol. The number of likely N-dealkylation sites (tertiary alicyclic amines) is 1. The second-order valence-electron chi connectivity index (χ2n) is 4.56. The normalized spacial score (nSPS) is 18.5. The Kier molecular flexibility index (Phi) is 3.97. The molecule has 0 radical (unpaired) electrons. The highest BCUT2D eigenvalue weighted by Crippen LogP contribution is 2.13. The molecule has 1 aliphatic rings. The number of rotatable bonds is 3. The van der Waals surface area contributed by atoms with Crippen molar-refractivity contribution in [3.8, 4) is 0 Å². The van der Waals surface area contributed by atoms with Gasteiger partial charge < -0.3 is 10.4 Å². The number of aromatic nitrogens is 1. The molecule has 2 rings (SSSR count). The second-order valence-corrected chi connectivity index (χ2v) is 4.56. The molecule has 1 fully saturated rings. The lowest BCUT2D eigenvalue weighted by Gasteiger charge is -2.28. The average Bonchev–Trinajstić information content (AvgIpc) is 2.47. The van der Waals surface area contributed by atoms with Crippen LogP contribution in [0.15, 0.2) is 18.3 Å². The van der Waals surface area contributed by atoms with E-state index in [1.807, 2.05) is 0 Å². The zero-order chi connectivity index (χ0) is 15.6. The highest BCUT2D eigenvalue weighted by atomic mass is 16.4. The number of carbonyl (C=O) groups is 4. The van der Waals surface area contributed by atoms with Crippen molar-refractivity contribution in [2.75, 3.05) is 7.05 Å². The molecule has 110 valence electrons. The Balaban J connectivity index is 2.17. The van der Waals surface area contributed by atoms with E-state index >= 15 is 0 Å². The number of hydrogen-bond acceptors (Lipinski definition) is 5. The van der Waals surface area contributed by atoms with Gasteiger partial charge in [-0.2, -0.15) is 0 Å². The van der Waals surface area contributed by atoms with Crippen LogP contribution < -0.4 is 5.32 Å². The molecule has 1 atom stereocenters. The number of aromatic carboxylic acids is 1. The van der Waals surface area contributed by atoms with Crippen molar-refractivity contribution in [1.82, 2.24) is 15.2 Å². The molecule has 0 saturated carbocycles. The highest BCUT2D eigenvalue weighted by Gasteiger charge is 2.33. The van der Waals surface area contributed by atoms with Gasteiger partial charge in [-0.3, -0.25) is 24.3 Å². The summed E-state index contributed by atoms with van der Waals surface area (Å²) in [4.78, 5) is 51.0. The summed E-state index contributed by atoms with van der Waals surface area (Å²) in [6.07, 6.45) is 1.61. The summed E-state index contributed by atoms with van der Waals surface area (Å²) in [5.41, 5.74) is -0.514. The van der Waals surface area contributed by atoms with Gasteiger partial charge in [0.05, 0.1) is 5.56 Å². The Morgan fingerprint density at radius 3 is 2.81 bits per heavy atom. The van der Waals surface area contributed by atoms with E-state index in [1.165, 1.54) is 25.4 Å². The van der Waals surface area contributed by atoms with Crippen molar-refractivity contribution in [2.45, 2.75) is 18.9 Å². The highest BCUT2D eigenvalue weighted by molar-refractivity contribution is 6.06. The van der Waals surface area contributed by atoms with E-state index in [1.54, 1.807) is 0 Å². The predicted molar refractivity (Wildman–Crippen MR) is 69.5 cm³/mol. The van der Waals surface area contributed by atoms with Gasteiger partial charge in [0.25, 0.3) is 11.8 Å². The van der Waals surface area contributed by atoms with Crippen molar-refractivity contribution < 1.29 is 24.3 Å². The summed E-state index contributed by atoms with van der Waals surface area (Å²) >= 11 is 0. The molecule has 1 aromatic heterocycles. The maximum atomic E-state index is 12.1. The Morgan fingerprint density at radius 2 is 2.14 bits per heavy atom. The molecule has 1 unspecified atom stereocenters. The zero-order valence-corrected chi connectivity index (χ0v) is 11.2.